The van der Waals surface area contributed by atoms with Crippen LogP contribution in [0.1, 0.15) is 57.8 Å². The molecule has 0 N–H and O–H groups in total. The van der Waals surface area contributed by atoms with Crippen molar-refractivity contribution in [1.29, 1.82) is 0 Å². The smallest absolute Gasteiger partial charge is 0.0176 e. The predicted octanol–water partition coefficient (Wildman–Crippen LogP) is 3.72. The summed E-state index contributed by atoms with van der Waals surface area (Å²) >= 11 is 0. The van der Waals surface area contributed by atoms with Crippen LogP contribution in [0.5, 0.6) is 0 Å². The highest BCUT2D eigenvalue weighted by Gasteiger charge is 2.57. The third kappa shape index (κ3) is 1.03. The monoisotopic (exact) mass is 163 g/mol. The minimum Gasteiger partial charge on any atom is -0.0533 e. The van der Waals surface area contributed by atoms with Gasteiger partial charge in [0.15, 0.2) is 0 Å². The molecular formula is C12H19. The third-order valence-electron chi connectivity index (χ3n) is 4.31. The predicted molar refractivity (Wildman–Crippen MR) is 50.7 cm³/mol. The second-order valence-corrected chi connectivity index (χ2v) is 5.09. The lowest BCUT2D eigenvalue weighted by Crippen LogP contribution is -2.18. The minimum absolute atomic E-state index is 0.848. The maximum absolute atomic E-state index is 2.00. The van der Waals surface area contributed by atoms with Crippen molar-refractivity contribution in [1.82, 2.24) is 0 Å². The molecule has 0 heteroatoms. The molecule has 0 heterocycles. The first-order valence-electron chi connectivity index (χ1n) is 5.77. The Hall–Kier alpha value is 0. The Bertz CT molecular complexity index is 168. The van der Waals surface area contributed by atoms with E-state index in [4.69, 9.17) is 0 Å². The van der Waals surface area contributed by atoms with Gasteiger partial charge in [-0.2, -0.15) is 0 Å². The summed E-state index contributed by atoms with van der Waals surface area (Å²) in [6.45, 7) is 0. The molecule has 12 heavy (non-hydrogen) atoms. The highest BCUT2D eigenvalue weighted by molar-refractivity contribution is 5.21. The molecule has 67 valence electrons. The maximum Gasteiger partial charge on any atom is -0.0176 e. The lowest BCUT2D eigenvalue weighted by molar-refractivity contribution is 0.363. The SMILES string of the molecule is C1CC[C](C2(C3CC3)CC2)CC1. The Kier molecular flexibility index (Phi) is 1.54. The van der Waals surface area contributed by atoms with E-state index >= 15 is 0 Å². The van der Waals surface area contributed by atoms with Gasteiger partial charge in [-0.3, -0.25) is 0 Å². The van der Waals surface area contributed by atoms with Crippen LogP contribution in [-0.4, -0.2) is 0 Å². The molecule has 0 aromatic carbocycles. The average Bonchev–Trinajstić information content (AvgIpc) is 2.99. The van der Waals surface area contributed by atoms with Crippen LogP contribution >= 0.6 is 0 Å². The van der Waals surface area contributed by atoms with Crippen molar-refractivity contribution in [2.75, 3.05) is 0 Å². The van der Waals surface area contributed by atoms with E-state index in [0.29, 0.717) is 0 Å². The fraction of sp³-hybridized carbons (Fsp3) is 0.917. The largest absolute Gasteiger partial charge is 0.0533 e. The van der Waals surface area contributed by atoms with E-state index < -0.39 is 0 Å². The molecule has 3 aliphatic carbocycles. The van der Waals surface area contributed by atoms with Gasteiger partial charge in [0, 0.05) is 0 Å². The average molecular weight is 163 g/mol. The zero-order valence-corrected chi connectivity index (χ0v) is 7.94. The summed E-state index contributed by atoms with van der Waals surface area (Å²) in [6, 6.07) is 0. The zero-order chi connectivity index (χ0) is 8.02. The van der Waals surface area contributed by atoms with Crippen LogP contribution in [0.25, 0.3) is 0 Å². The van der Waals surface area contributed by atoms with Crippen LogP contribution in [-0.2, 0) is 0 Å². The van der Waals surface area contributed by atoms with E-state index in [1.165, 1.54) is 32.1 Å². The van der Waals surface area contributed by atoms with Crippen LogP contribution in [0.15, 0.2) is 0 Å². The summed E-state index contributed by atoms with van der Waals surface area (Å²) < 4.78 is 0. The number of rotatable bonds is 2. The highest BCUT2D eigenvalue weighted by atomic mass is 14.6. The van der Waals surface area contributed by atoms with E-state index in [0.717, 1.165) is 11.3 Å². The fourth-order valence-electron chi connectivity index (χ4n) is 3.30. The Labute approximate surface area is 75.7 Å². The van der Waals surface area contributed by atoms with Gasteiger partial charge in [0.05, 0.1) is 0 Å². The van der Waals surface area contributed by atoms with E-state index in [1.807, 2.05) is 5.92 Å². The summed E-state index contributed by atoms with van der Waals surface area (Å²) in [5, 5.41) is 0. The van der Waals surface area contributed by atoms with E-state index in [9.17, 15) is 0 Å². The molecule has 0 nitrogen and oxygen atoms in total. The molecule has 0 aromatic heterocycles. The Morgan fingerprint density at radius 3 is 2.08 bits per heavy atom. The van der Waals surface area contributed by atoms with E-state index in [-0.39, 0.29) is 0 Å². The van der Waals surface area contributed by atoms with Crippen molar-refractivity contribution in [3.8, 4) is 0 Å². The van der Waals surface area contributed by atoms with Gasteiger partial charge >= 0.3 is 0 Å². The fourth-order valence-corrected chi connectivity index (χ4v) is 3.30. The summed E-state index contributed by atoms with van der Waals surface area (Å²) in [5.74, 6) is 3.15. The molecule has 1 radical (unpaired) electrons. The van der Waals surface area contributed by atoms with Gasteiger partial charge in [0.25, 0.3) is 0 Å². The Balaban J connectivity index is 1.69. The summed E-state index contributed by atoms with van der Waals surface area (Å²) in [6.07, 6.45) is 13.7. The molecule has 0 amide bonds. The zero-order valence-electron chi connectivity index (χ0n) is 7.94. The molecule has 0 aliphatic heterocycles. The van der Waals surface area contributed by atoms with Crippen LogP contribution in [0.4, 0.5) is 0 Å². The molecule has 3 saturated carbocycles. The number of hydrogen-bond acceptors (Lipinski definition) is 0. The molecular weight excluding hydrogens is 144 g/mol. The molecule has 0 spiro atoms. The summed E-state index contributed by atoms with van der Waals surface area (Å²) in [7, 11) is 0. The lowest BCUT2D eigenvalue weighted by atomic mass is 9.75. The van der Waals surface area contributed by atoms with Crippen molar-refractivity contribution in [2.24, 2.45) is 11.3 Å². The van der Waals surface area contributed by atoms with Gasteiger partial charge in [-0.1, -0.05) is 19.3 Å². The van der Waals surface area contributed by atoms with Gasteiger partial charge < -0.3 is 0 Å². The van der Waals surface area contributed by atoms with Crippen molar-refractivity contribution < 1.29 is 0 Å². The second-order valence-electron chi connectivity index (χ2n) is 5.09. The molecule has 3 aliphatic rings. The number of hydrogen-bond donors (Lipinski definition) is 0. The molecule has 3 fully saturated rings. The maximum atomic E-state index is 2.00. The van der Waals surface area contributed by atoms with Gasteiger partial charge in [-0.15, -0.1) is 0 Å². The van der Waals surface area contributed by atoms with Crippen molar-refractivity contribution in [2.45, 2.75) is 57.8 Å². The lowest BCUT2D eigenvalue weighted by Gasteiger charge is -2.29. The van der Waals surface area contributed by atoms with Crippen LogP contribution in [0.2, 0.25) is 0 Å². The van der Waals surface area contributed by atoms with Crippen LogP contribution < -0.4 is 0 Å². The topological polar surface area (TPSA) is 0 Å². The molecule has 0 atom stereocenters. The first-order chi connectivity index (χ1) is 5.92. The van der Waals surface area contributed by atoms with Crippen LogP contribution in [0, 0.1) is 17.3 Å². The Morgan fingerprint density at radius 2 is 1.58 bits per heavy atom. The second kappa shape index (κ2) is 2.49. The van der Waals surface area contributed by atoms with Gasteiger partial charge in [0.1, 0.15) is 0 Å². The molecule has 0 saturated heterocycles. The first-order valence-corrected chi connectivity index (χ1v) is 5.77. The summed E-state index contributed by atoms with van der Waals surface area (Å²) in [4.78, 5) is 0. The van der Waals surface area contributed by atoms with Crippen molar-refractivity contribution in [3.63, 3.8) is 0 Å². The minimum atomic E-state index is 0.848. The molecule has 0 unspecified atom stereocenters. The highest BCUT2D eigenvalue weighted by Crippen LogP contribution is 2.68. The third-order valence-corrected chi connectivity index (χ3v) is 4.31. The standard InChI is InChI=1S/C12H19/c1-2-4-10(5-3-1)12(8-9-12)11-6-7-11/h11H,1-9H2. The normalized spacial score (nSPS) is 35.0. The molecule has 0 bridgehead atoms. The van der Waals surface area contributed by atoms with Gasteiger partial charge in [0.2, 0.25) is 0 Å². The first kappa shape index (κ1) is 7.41. The van der Waals surface area contributed by atoms with E-state index in [1.54, 1.807) is 25.7 Å². The van der Waals surface area contributed by atoms with E-state index in [2.05, 4.69) is 0 Å². The molecule has 3 rings (SSSR count). The molecule has 0 aromatic rings. The van der Waals surface area contributed by atoms with Gasteiger partial charge in [-0.05, 0) is 55.8 Å². The quantitative estimate of drug-likeness (QED) is 0.582. The summed E-state index contributed by atoms with van der Waals surface area (Å²) in [5.41, 5.74) is 0.848. The van der Waals surface area contributed by atoms with Gasteiger partial charge in [-0.25, -0.2) is 0 Å². The Morgan fingerprint density at radius 1 is 0.917 bits per heavy atom. The van der Waals surface area contributed by atoms with Crippen molar-refractivity contribution >= 4 is 0 Å². The van der Waals surface area contributed by atoms with Crippen LogP contribution in [0.3, 0.4) is 0 Å². The van der Waals surface area contributed by atoms with Crippen molar-refractivity contribution in [3.05, 3.63) is 5.92 Å².